The van der Waals surface area contributed by atoms with E-state index < -0.39 is 17.5 Å². The Morgan fingerprint density at radius 1 is 0.706 bits per heavy atom. The van der Waals surface area contributed by atoms with Crippen LogP contribution in [0.3, 0.4) is 0 Å². The standard InChI is InChI=1S/C30H38ClF3/c1-2-20-3-5-21(6-4-20)7-8-22-9-13-24(14-10-22)25-18-28(32)26(29(33)19-25)15-11-23-12-16-27(31)30(34)17-23/h12,16-22,24H,2-11,13-15H2,1H3/t20-,21-,22?,24?. The highest BCUT2D eigenvalue weighted by molar-refractivity contribution is 6.30. The Balaban J connectivity index is 1.26. The summed E-state index contributed by atoms with van der Waals surface area (Å²) in [5.41, 5.74) is 1.57. The summed E-state index contributed by atoms with van der Waals surface area (Å²) in [6, 6.07) is 7.59. The van der Waals surface area contributed by atoms with E-state index in [-0.39, 0.29) is 22.9 Å². The van der Waals surface area contributed by atoms with Crippen LogP contribution in [0.15, 0.2) is 30.3 Å². The van der Waals surface area contributed by atoms with Crippen LogP contribution in [0.1, 0.15) is 100 Å². The van der Waals surface area contributed by atoms with Crippen molar-refractivity contribution in [3.8, 4) is 0 Å². The maximum atomic E-state index is 14.8. The Kier molecular flexibility index (Phi) is 9.02. The molecule has 2 saturated carbocycles. The van der Waals surface area contributed by atoms with Gasteiger partial charge >= 0.3 is 0 Å². The van der Waals surface area contributed by atoms with Gasteiger partial charge in [-0.25, -0.2) is 13.2 Å². The molecule has 186 valence electrons. The van der Waals surface area contributed by atoms with Crippen LogP contribution in [0.4, 0.5) is 13.2 Å². The van der Waals surface area contributed by atoms with Crippen LogP contribution in [0.25, 0.3) is 0 Å². The SMILES string of the molecule is CC[C@H]1CC[C@H](CCC2CCC(c3cc(F)c(CCc4ccc(Cl)c(F)c4)c(F)c3)CC2)CC1. The zero-order valence-electron chi connectivity index (χ0n) is 20.4. The van der Waals surface area contributed by atoms with Gasteiger partial charge in [-0.15, -0.1) is 0 Å². The zero-order chi connectivity index (χ0) is 24.1. The number of rotatable bonds is 8. The molecule has 0 bridgehead atoms. The van der Waals surface area contributed by atoms with E-state index in [9.17, 15) is 13.2 Å². The fourth-order valence-electron chi connectivity index (χ4n) is 6.25. The molecule has 0 saturated heterocycles. The fraction of sp³-hybridized carbons (Fsp3) is 0.600. The molecule has 2 aromatic rings. The quantitative estimate of drug-likeness (QED) is 0.345. The Morgan fingerprint density at radius 3 is 1.82 bits per heavy atom. The van der Waals surface area contributed by atoms with Crippen LogP contribution < -0.4 is 0 Å². The van der Waals surface area contributed by atoms with E-state index in [0.717, 1.165) is 36.2 Å². The summed E-state index contributed by atoms with van der Waals surface area (Å²) in [6.45, 7) is 2.32. The fourth-order valence-corrected chi connectivity index (χ4v) is 6.36. The van der Waals surface area contributed by atoms with Crippen molar-refractivity contribution >= 4 is 11.6 Å². The second-order valence-electron chi connectivity index (χ2n) is 10.8. The molecule has 0 aliphatic heterocycles. The second kappa shape index (κ2) is 12.0. The van der Waals surface area contributed by atoms with Crippen molar-refractivity contribution in [2.24, 2.45) is 17.8 Å². The lowest BCUT2D eigenvalue weighted by atomic mass is 9.74. The Labute approximate surface area is 208 Å². The van der Waals surface area contributed by atoms with Crippen molar-refractivity contribution in [2.75, 3.05) is 0 Å². The summed E-state index contributed by atoms with van der Waals surface area (Å²) in [4.78, 5) is 0. The molecule has 2 aliphatic rings. The Bertz CT molecular complexity index is 917. The van der Waals surface area contributed by atoms with Gasteiger partial charge in [-0.3, -0.25) is 0 Å². The second-order valence-corrected chi connectivity index (χ2v) is 11.2. The van der Waals surface area contributed by atoms with Gasteiger partial charge in [-0.2, -0.15) is 0 Å². The summed E-state index contributed by atoms with van der Waals surface area (Å²) in [6.07, 6.45) is 14.6. The molecule has 4 heteroatoms. The molecule has 0 unspecified atom stereocenters. The number of hydrogen-bond donors (Lipinski definition) is 0. The Hall–Kier alpha value is -1.48. The van der Waals surface area contributed by atoms with Crippen molar-refractivity contribution < 1.29 is 13.2 Å². The van der Waals surface area contributed by atoms with Gasteiger partial charge in [0.15, 0.2) is 0 Å². The normalized spacial score (nSPS) is 25.4. The van der Waals surface area contributed by atoms with E-state index in [1.165, 1.54) is 82.1 Å². The topological polar surface area (TPSA) is 0 Å². The van der Waals surface area contributed by atoms with Gasteiger partial charge in [0.1, 0.15) is 17.5 Å². The molecule has 0 spiro atoms. The lowest BCUT2D eigenvalue weighted by molar-refractivity contribution is 0.227. The maximum absolute atomic E-state index is 14.8. The monoisotopic (exact) mass is 490 g/mol. The first kappa shape index (κ1) is 25.6. The first-order chi connectivity index (χ1) is 16.4. The summed E-state index contributed by atoms with van der Waals surface area (Å²) < 4.78 is 43.3. The molecule has 0 aromatic heterocycles. The van der Waals surface area contributed by atoms with E-state index in [2.05, 4.69) is 6.92 Å². The van der Waals surface area contributed by atoms with Crippen LogP contribution in [0, 0.1) is 35.2 Å². The first-order valence-corrected chi connectivity index (χ1v) is 13.7. The van der Waals surface area contributed by atoms with Crippen molar-refractivity contribution in [2.45, 2.75) is 96.3 Å². The molecular weight excluding hydrogens is 453 g/mol. The minimum atomic E-state index is -0.505. The van der Waals surface area contributed by atoms with Crippen molar-refractivity contribution in [3.63, 3.8) is 0 Å². The lowest BCUT2D eigenvalue weighted by Gasteiger charge is -2.32. The average molecular weight is 491 g/mol. The van der Waals surface area contributed by atoms with E-state index in [1.807, 2.05) is 0 Å². The predicted molar refractivity (Wildman–Crippen MR) is 135 cm³/mol. The molecule has 0 nitrogen and oxygen atoms in total. The first-order valence-electron chi connectivity index (χ1n) is 13.3. The van der Waals surface area contributed by atoms with E-state index >= 15 is 0 Å². The van der Waals surface area contributed by atoms with Gasteiger partial charge in [0.05, 0.1) is 5.02 Å². The average Bonchev–Trinajstić information content (AvgIpc) is 2.85. The van der Waals surface area contributed by atoms with E-state index in [1.54, 1.807) is 6.07 Å². The van der Waals surface area contributed by atoms with Crippen LogP contribution in [-0.2, 0) is 12.8 Å². The molecule has 2 aromatic carbocycles. The summed E-state index contributed by atoms with van der Waals surface area (Å²) in [5, 5.41) is 0.0549. The third-order valence-electron chi connectivity index (χ3n) is 8.66. The van der Waals surface area contributed by atoms with Crippen LogP contribution in [-0.4, -0.2) is 0 Å². The van der Waals surface area contributed by atoms with Gasteiger partial charge in [0.25, 0.3) is 0 Å². The Morgan fingerprint density at radius 2 is 1.26 bits per heavy atom. The molecule has 4 rings (SSSR count). The molecular formula is C30H38ClF3. The summed E-state index contributed by atoms with van der Waals surface area (Å²) in [5.74, 6) is 1.44. The minimum absolute atomic E-state index is 0.0549. The van der Waals surface area contributed by atoms with Crippen LogP contribution in [0.5, 0.6) is 0 Å². The highest BCUT2D eigenvalue weighted by atomic mass is 35.5. The van der Waals surface area contributed by atoms with Gasteiger partial charge in [-0.05, 0) is 97.6 Å². The lowest BCUT2D eigenvalue weighted by Crippen LogP contribution is -2.17. The third-order valence-corrected chi connectivity index (χ3v) is 8.96. The number of benzene rings is 2. The van der Waals surface area contributed by atoms with Gasteiger partial charge in [0.2, 0.25) is 0 Å². The van der Waals surface area contributed by atoms with Gasteiger partial charge in [0, 0.05) is 5.56 Å². The smallest absolute Gasteiger partial charge is 0.142 e. The third kappa shape index (κ3) is 6.59. The van der Waals surface area contributed by atoms with Crippen molar-refractivity contribution in [1.82, 2.24) is 0 Å². The molecule has 0 radical (unpaired) electrons. The number of hydrogen-bond acceptors (Lipinski definition) is 0. The van der Waals surface area contributed by atoms with Crippen molar-refractivity contribution in [3.05, 3.63) is 69.5 Å². The molecule has 34 heavy (non-hydrogen) atoms. The number of halogens is 4. The molecule has 0 N–H and O–H groups in total. The largest absolute Gasteiger partial charge is 0.207 e. The van der Waals surface area contributed by atoms with Crippen LogP contribution >= 0.6 is 11.6 Å². The minimum Gasteiger partial charge on any atom is -0.207 e. The number of aryl methyl sites for hydroxylation is 1. The molecule has 2 fully saturated rings. The van der Waals surface area contributed by atoms with Crippen LogP contribution in [0.2, 0.25) is 5.02 Å². The maximum Gasteiger partial charge on any atom is 0.142 e. The molecule has 2 aliphatic carbocycles. The van der Waals surface area contributed by atoms with E-state index in [0.29, 0.717) is 12.0 Å². The molecule has 0 heterocycles. The molecule has 0 atom stereocenters. The van der Waals surface area contributed by atoms with E-state index in [4.69, 9.17) is 11.6 Å². The predicted octanol–water partition coefficient (Wildman–Crippen LogP) is 9.81. The van der Waals surface area contributed by atoms with Gasteiger partial charge in [-0.1, -0.05) is 69.5 Å². The zero-order valence-corrected chi connectivity index (χ0v) is 21.2. The highest BCUT2D eigenvalue weighted by Crippen LogP contribution is 2.40. The highest BCUT2D eigenvalue weighted by Gasteiger charge is 2.26. The van der Waals surface area contributed by atoms with Crippen molar-refractivity contribution in [1.29, 1.82) is 0 Å². The van der Waals surface area contributed by atoms with Gasteiger partial charge < -0.3 is 0 Å². The summed E-state index contributed by atoms with van der Waals surface area (Å²) in [7, 11) is 0. The summed E-state index contributed by atoms with van der Waals surface area (Å²) >= 11 is 5.72. The molecule has 0 amide bonds.